The molecule has 0 spiro atoms. The Balaban J connectivity index is 1.68. The fourth-order valence-corrected chi connectivity index (χ4v) is 3.99. The van der Waals surface area contributed by atoms with Crippen LogP contribution in [0.4, 0.5) is 18.9 Å². The zero-order chi connectivity index (χ0) is 27.1. The first kappa shape index (κ1) is 25.5. The molecule has 3 heterocycles. The van der Waals surface area contributed by atoms with Crippen molar-refractivity contribution in [3.63, 3.8) is 0 Å². The first-order chi connectivity index (χ1) is 17.4. The molecule has 1 amide bonds. The van der Waals surface area contributed by atoms with Gasteiger partial charge in [0.15, 0.2) is 0 Å². The molecule has 0 bridgehead atoms. The summed E-state index contributed by atoms with van der Waals surface area (Å²) in [6.07, 6.45) is -0.0715. The molecule has 0 saturated carbocycles. The van der Waals surface area contributed by atoms with Gasteiger partial charge >= 0.3 is 6.18 Å². The highest BCUT2D eigenvalue weighted by Gasteiger charge is 2.34. The number of amides is 1. The number of nitrogen functional groups attached to an aromatic ring is 1. The van der Waals surface area contributed by atoms with E-state index in [1.807, 2.05) is 0 Å². The van der Waals surface area contributed by atoms with E-state index in [9.17, 15) is 22.8 Å². The minimum absolute atomic E-state index is 0.0452. The van der Waals surface area contributed by atoms with Crippen LogP contribution in [-0.2, 0) is 13.2 Å². The van der Waals surface area contributed by atoms with Gasteiger partial charge in [0.2, 0.25) is 0 Å². The van der Waals surface area contributed by atoms with Crippen LogP contribution in [0.15, 0.2) is 47.7 Å². The molecule has 0 fully saturated rings. The van der Waals surface area contributed by atoms with E-state index in [2.05, 4.69) is 25.7 Å². The normalized spacial score (nSPS) is 12.4. The molecular weight excluding hydrogens is 489 g/mol. The van der Waals surface area contributed by atoms with Crippen LogP contribution in [0, 0.1) is 13.8 Å². The summed E-state index contributed by atoms with van der Waals surface area (Å²) in [7, 11) is 1.70. The van der Waals surface area contributed by atoms with Crippen LogP contribution >= 0.6 is 0 Å². The van der Waals surface area contributed by atoms with E-state index in [4.69, 9.17) is 5.73 Å². The fraction of sp³-hybridized carbons (Fsp3) is 0.250. The van der Waals surface area contributed by atoms with E-state index >= 15 is 0 Å². The van der Waals surface area contributed by atoms with Gasteiger partial charge in [0.05, 0.1) is 35.4 Å². The molecule has 0 radical (unpaired) electrons. The van der Waals surface area contributed by atoms with Crippen LogP contribution in [0.3, 0.4) is 0 Å². The van der Waals surface area contributed by atoms with Crippen LogP contribution in [0.25, 0.3) is 16.9 Å². The summed E-state index contributed by atoms with van der Waals surface area (Å²) in [6, 6.07) is 4.38. The summed E-state index contributed by atoms with van der Waals surface area (Å²) in [5.74, 6) is -0.681. The zero-order valence-electron chi connectivity index (χ0n) is 20.3. The van der Waals surface area contributed by atoms with Gasteiger partial charge in [0.25, 0.3) is 11.5 Å². The molecule has 13 heteroatoms. The maximum absolute atomic E-state index is 13.4. The lowest BCUT2D eigenvalue weighted by Crippen LogP contribution is -2.32. The van der Waals surface area contributed by atoms with Gasteiger partial charge < -0.3 is 11.1 Å². The zero-order valence-corrected chi connectivity index (χ0v) is 20.3. The van der Waals surface area contributed by atoms with Crippen molar-refractivity contribution < 1.29 is 18.0 Å². The van der Waals surface area contributed by atoms with Gasteiger partial charge in [0, 0.05) is 30.1 Å². The summed E-state index contributed by atoms with van der Waals surface area (Å²) >= 11 is 0. The van der Waals surface area contributed by atoms with Gasteiger partial charge in [0.1, 0.15) is 5.69 Å². The molecule has 0 aliphatic carbocycles. The Morgan fingerprint density at radius 3 is 2.49 bits per heavy atom. The summed E-state index contributed by atoms with van der Waals surface area (Å²) in [5.41, 5.74) is 6.17. The number of rotatable bonds is 5. The first-order valence-corrected chi connectivity index (χ1v) is 11.1. The number of carbonyl (C=O) groups excluding carboxylic acids is 1. The Bertz CT molecular complexity index is 1560. The number of hydrogen-bond acceptors (Lipinski definition) is 7. The molecule has 4 aromatic rings. The molecular formula is C24H23F3N8O2. The van der Waals surface area contributed by atoms with Gasteiger partial charge in [-0.2, -0.15) is 23.0 Å². The molecule has 0 aliphatic rings. The molecule has 4 rings (SSSR count). The molecule has 1 atom stereocenters. The third kappa shape index (κ3) is 5.06. The van der Waals surface area contributed by atoms with Gasteiger partial charge in [-0.1, -0.05) is 5.21 Å². The number of aromatic nitrogens is 6. The quantitative estimate of drug-likeness (QED) is 0.393. The summed E-state index contributed by atoms with van der Waals surface area (Å²) in [6.45, 7) is 4.39. The van der Waals surface area contributed by atoms with Crippen molar-refractivity contribution in [3.8, 4) is 16.9 Å². The summed E-state index contributed by atoms with van der Waals surface area (Å²) < 4.78 is 42.9. The monoisotopic (exact) mass is 512 g/mol. The van der Waals surface area contributed by atoms with E-state index in [1.54, 1.807) is 19.3 Å². The van der Waals surface area contributed by atoms with Crippen LogP contribution in [0.5, 0.6) is 0 Å². The molecule has 1 aromatic carbocycles. The van der Waals surface area contributed by atoms with E-state index in [1.165, 1.54) is 50.0 Å². The Hall–Kier alpha value is -4.55. The van der Waals surface area contributed by atoms with E-state index < -0.39 is 29.2 Å². The molecule has 3 N–H and O–H groups in total. The molecule has 0 aliphatic heterocycles. The maximum atomic E-state index is 13.4. The van der Waals surface area contributed by atoms with Crippen LogP contribution in [0.2, 0.25) is 0 Å². The highest BCUT2D eigenvalue weighted by Crippen LogP contribution is 2.36. The maximum Gasteiger partial charge on any atom is 0.416 e. The number of alkyl halides is 3. The van der Waals surface area contributed by atoms with Crippen molar-refractivity contribution in [1.82, 2.24) is 35.1 Å². The molecule has 192 valence electrons. The topological polar surface area (TPSA) is 134 Å². The second-order valence-corrected chi connectivity index (χ2v) is 8.58. The van der Waals surface area contributed by atoms with Crippen LogP contribution in [-0.4, -0.2) is 35.7 Å². The van der Waals surface area contributed by atoms with Gasteiger partial charge in [-0.25, -0.2) is 4.68 Å². The standard InChI is InChI=1S/C24H23F3N8O2/c1-12-5-20(22(36)31-14(3)18-7-16(28)8-19(13(18)2)24(25,26)27)32-35(23(12)37)17-6-15(9-29-10-17)21-11-30-33-34(21)4/h5-11,14H,28H2,1-4H3,(H,31,36)/t14-/m1/s1. The van der Waals surface area contributed by atoms with E-state index in [-0.39, 0.29) is 28.1 Å². The number of nitrogens with two attached hydrogens (primary N) is 1. The average molecular weight is 512 g/mol. The van der Waals surface area contributed by atoms with Crippen LogP contribution < -0.4 is 16.6 Å². The average Bonchev–Trinajstić information content (AvgIpc) is 3.27. The summed E-state index contributed by atoms with van der Waals surface area (Å²) in [4.78, 5) is 30.1. The number of halogens is 3. The van der Waals surface area contributed by atoms with Crippen molar-refractivity contribution in [2.24, 2.45) is 7.05 Å². The lowest BCUT2D eigenvalue weighted by Gasteiger charge is -2.21. The highest BCUT2D eigenvalue weighted by molar-refractivity contribution is 5.92. The number of pyridine rings is 1. The lowest BCUT2D eigenvalue weighted by atomic mass is 9.96. The molecule has 37 heavy (non-hydrogen) atoms. The van der Waals surface area contributed by atoms with Crippen molar-refractivity contribution in [2.75, 3.05) is 5.73 Å². The van der Waals surface area contributed by atoms with Crippen molar-refractivity contribution in [3.05, 3.63) is 81.2 Å². The number of carbonyl (C=O) groups is 1. The number of nitrogens with one attached hydrogen (secondary N) is 1. The predicted octanol–water partition coefficient (Wildman–Crippen LogP) is 3.13. The van der Waals surface area contributed by atoms with E-state index in [0.717, 1.165) is 10.7 Å². The Labute approximate surface area is 208 Å². The highest BCUT2D eigenvalue weighted by atomic mass is 19.4. The number of nitrogens with zero attached hydrogens (tertiary/aromatic N) is 6. The number of hydrogen-bond donors (Lipinski definition) is 2. The lowest BCUT2D eigenvalue weighted by molar-refractivity contribution is -0.138. The molecule has 0 saturated heterocycles. The van der Waals surface area contributed by atoms with Gasteiger partial charge in [-0.05, 0) is 56.2 Å². The van der Waals surface area contributed by atoms with Crippen molar-refractivity contribution in [1.29, 1.82) is 0 Å². The SMILES string of the molecule is Cc1c([C@@H](C)NC(=O)c2cc(C)c(=O)n(-c3cncc(-c4cnnn4C)c3)n2)cc(N)cc1C(F)(F)F. The Morgan fingerprint density at radius 2 is 1.84 bits per heavy atom. The Morgan fingerprint density at radius 1 is 1.11 bits per heavy atom. The second-order valence-electron chi connectivity index (χ2n) is 8.58. The van der Waals surface area contributed by atoms with Gasteiger partial charge in [-0.15, -0.1) is 5.10 Å². The minimum atomic E-state index is -4.60. The second kappa shape index (κ2) is 9.48. The fourth-order valence-electron chi connectivity index (χ4n) is 3.99. The minimum Gasteiger partial charge on any atom is -0.399 e. The predicted molar refractivity (Wildman–Crippen MR) is 129 cm³/mol. The third-order valence-corrected chi connectivity index (χ3v) is 5.89. The van der Waals surface area contributed by atoms with Gasteiger partial charge in [-0.3, -0.25) is 14.6 Å². The first-order valence-electron chi connectivity index (χ1n) is 11.1. The number of benzene rings is 1. The number of aryl methyl sites for hydroxylation is 2. The van der Waals surface area contributed by atoms with Crippen molar-refractivity contribution >= 4 is 11.6 Å². The third-order valence-electron chi connectivity index (χ3n) is 5.89. The summed E-state index contributed by atoms with van der Waals surface area (Å²) in [5, 5.41) is 14.6. The van der Waals surface area contributed by atoms with Crippen molar-refractivity contribution in [2.45, 2.75) is 33.0 Å². The number of anilines is 1. The smallest absolute Gasteiger partial charge is 0.399 e. The van der Waals surface area contributed by atoms with Crippen LogP contribution in [0.1, 0.15) is 45.7 Å². The van der Waals surface area contributed by atoms with E-state index in [0.29, 0.717) is 16.9 Å². The largest absolute Gasteiger partial charge is 0.416 e. The Kier molecular flexibility index (Phi) is 6.55. The molecule has 10 nitrogen and oxygen atoms in total. The molecule has 3 aromatic heterocycles. The molecule has 0 unspecified atom stereocenters.